The number of hydrogen-bond donors (Lipinski definition) is 2. The molecule has 0 amide bonds. The zero-order valence-corrected chi connectivity index (χ0v) is 17.7. The molecule has 1 rings (SSSR count). The molecular formula is C20H34N4O2S. The number of benzene rings is 1. The standard InChI is InChI=1S/C20H34N4O2S/c1-5-7-8-9-10-15-24(4)20(22-6-2)23-16-18-11-13-19(14-12-18)17-27(25,26)21-3/h5,11-14,21H,1,6-10,15-17H2,2-4H3,(H,22,23). The molecule has 1 aromatic carbocycles. The van der Waals surface area contributed by atoms with Gasteiger partial charge in [-0.05, 0) is 44.4 Å². The Bertz CT molecular complexity index is 684. The second-order valence-electron chi connectivity index (χ2n) is 6.51. The van der Waals surface area contributed by atoms with Crippen LogP contribution in [0.3, 0.4) is 0 Å². The molecule has 0 spiro atoms. The maximum absolute atomic E-state index is 11.6. The van der Waals surface area contributed by atoms with Gasteiger partial charge in [-0.15, -0.1) is 6.58 Å². The number of unbranched alkanes of at least 4 members (excludes halogenated alkanes) is 3. The van der Waals surface area contributed by atoms with E-state index in [9.17, 15) is 8.42 Å². The highest BCUT2D eigenvalue weighted by molar-refractivity contribution is 7.88. The van der Waals surface area contributed by atoms with Crippen molar-refractivity contribution in [2.45, 2.75) is 44.9 Å². The summed E-state index contributed by atoms with van der Waals surface area (Å²) in [4.78, 5) is 6.86. The SMILES string of the molecule is C=CCCCCCN(C)C(=NCc1ccc(CS(=O)(=O)NC)cc1)NCC. The van der Waals surface area contributed by atoms with Gasteiger partial charge >= 0.3 is 0 Å². The van der Waals surface area contributed by atoms with Crippen LogP contribution in [0.5, 0.6) is 0 Å². The quantitative estimate of drug-likeness (QED) is 0.247. The van der Waals surface area contributed by atoms with Crippen molar-refractivity contribution in [3.63, 3.8) is 0 Å². The molecule has 0 heterocycles. The average Bonchev–Trinajstić information content (AvgIpc) is 2.65. The minimum absolute atomic E-state index is 0.00964. The van der Waals surface area contributed by atoms with E-state index in [1.165, 1.54) is 19.9 Å². The number of guanidine groups is 1. The fourth-order valence-corrected chi connectivity index (χ4v) is 3.36. The van der Waals surface area contributed by atoms with Crippen LogP contribution >= 0.6 is 0 Å². The third-order valence-electron chi connectivity index (χ3n) is 4.20. The van der Waals surface area contributed by atoms with Crippen LogP contribution in [-0.4, -0.2) is 46.5 Å². The summed E-state index contributed by atoms with van der Waals surface area (Å²) in [5.41, 5.74) is 1.82. The van der Waals surface area contributed by atoms with E-state index in [2.05, 4.69) is 35.5 Å². The molecule has 0 aliphatic carbocycles. The molecule has 27 heavy (non-hydrogen) atoms. The van der Waals surface area contributed by atoms with Crippen molar-refractivity contribution in [2.75, 3.05) is 27.2 Å². The third-order valence-corrected chi connectivity index (χ3v) is 5.54. The first-order valence-corrected chi connectivity index (χ1v) is 11.2. The predicted molar refractivity (Wildman–Crippen MR) is 114 cm³/mol. The Morgan fingerprint density at radius 2 is 1.85 bits per heavy atom. The Balaban J connectivity index is 2.62. The summed E-state index contributed by atoms with van der Waals surface area (Å²) in [5.74, 6) is 0.882. The van der Waals surface area contributed by atoms with Gasteiger partial charge in [0, 0.05) is 20.1 Å². The van der Waals surface area contributed by atoms with E-state index in [-0.39, 0.29) is 5.75 Å². The van der Waals surface area contributed by atoms with Gasteiger partial charge in [0.05, 0.1) is 12.3 Å². The summed E-state index contributed by atoms with van der Waals surface area (Å²) in [6.45, 7) is 8.15. The van der Waals surface area contributed by atoms with E-state index < -0.39 is 10.0 Å². The van der Waals surface area contributed by atoms with E-state index in [1.54, 1.807) is 0 Å². The number of nitrogens with zero attached hydrogens (tertiary/aromatic N) is 2. The minimum atomic E-state index is -3.24. The van der Waals surface area contributed by atoms with Crippen molar-refractivity contribution in [1.29, 1.82) is 0 Å². The van der Waals surface area contributed by atoms with Crippen LogP contribution in [-0.2, 0) is 22.3 Å². The fourth-order valence-electron chi connectivity index (χ4n) is 2.59. The van der Waals surface area contributed by atoms with Gasteiger partial charge in [0.1, 0.15) is 0 Å². The highest BCUT2D eigenvalue weighted by Crippen LogP contribution is 2.09. The largest absolute Gasteiger partial charge is 0.357 e. The molecule has 0 saturated heterocycles. The Labute approximate surface area is 164 Å². The Morgan fingerprint density at radius 1 is 1.19 bits per heavy atom. The smallest absolute Gasteiger partial charge is 0.215 e. The van der Waals surface area contributed by atoms with Crippen LogP contribution in [0.25, 0.3) is 0 Å². The number of allylic oxidation sites excluding steroid dienone is 1. The summed E-state index contributed by atoms with van der Waals surface area (Å²) in [7, 11) is 0.239. The van der Waals surface area contributed by atoms with E-state index in [0.717, 1.165) is 43.0 Å². The van der Waals surface area contributed by atoms with Crippen LogP contribution < -0.4 is 10.0 Å². The number of aliphatic imine (C=N–C) groups is 1. The number of sulfonamides is 1. The lowest BCUT2D eigenvalue weighted by Crippen LogP contribution is -2.39. The molecule has 0 fully saturated rings. The van der Waals surface area contributed by atoms with Gasteiger partial charge in [-0.2, -0.15) is 0 Å². The van der Waals surface area contributed by atoms with Gasteiger partial charge < -0.3 is 10.2 Å². The monoisotopic (exact) mass is 394 g/mol. The summed E-state index contributed by atoms with van der Waals surface area (Å²) in [6.07, 6.45) is 6.54. The zero-order chi connectivity index (χ0) is 20.1. The van der Waals surface area contributed by atoms with Crippen LogP contribution in [0, 0.1) is 0 Å². The zero-order valence-electron chi connectivity index (χ0n) is 16.9. The van der Waals surface area contributed by atoms with Crippen LogP contribution in [0.2, 0.25) is 0 Å². The first kappa shape index (κ1) is 23.2. The van der Waals surface area contributed by atoms with Crippen molar-refractivity contribution < 1.29 is 8.42 Å². The van der Waals surface area contributed by atoms with Crippen molar-refractivity contribution >= 4 is 16.0 Å². The molecule has 6 nitrogen and oxygen atoms in total. The molecular weight excluding hydrogens is 360 g/mol. The predicted octanol–water partition coefficient (Wildman–Crippen LogP) is 2.88. The summed E-state index contributed by atoms with van der Waals surface area (Å²) in [6, 6.07) is 7.55. The van der Waals surface area contributed by atoms with Gasteiger partial charge in [-0.1, -0.05) is 36.8 Å². The molecule has 0 unspecified atom stereocenters. The van der Waals surface area contributed by atoms with Crippen LogP contribution in [0.4, 0.5) is 0 Å². The Morgan fingerprint density at radius 3 is 2.44 bits per heavy atom. The van der Waals surface area contributed by atoms with Gasteiger partial charge in [-0.25, -0.2) is 18.1 Å². The van der Waals surface area contributed by atoms with Gasteiger partial charge in [0.2, 0.25) is 10.0 Å². The van der Waals surface area contributed by atoms with Crippen molar-refractivity contribution in [3.8, 4) is 0 Å². The summed E-state index contributed by atoms with van der Waals surface area (Å²) >= 11 is 0. The maximum Gasteiger partial charge on any atom is 0.215 e. The van der Waals surface area contributed by atoms with Crippen LogP contribution in [0.15, 0.2) is 41.9 Å². The van der Waals surface area contributed by atoms with E-state index in [0.29, 0.717) is 6.54 Å². The first-order chi connectivity index (χ1) is 12.9. The first-order valence-electron chi connectivity index (χ1n) is 9.51. The second kappa shape index (κ2) is 12.5. The second-order valence-corrected chi connectivity index (χ2v) is 8.44. The van der Waals surface area contributed by atoms with Crippen molar-refractivity contribution in [1.82, 2.24) is 14.9 Å². The summed E-state index contributed by atoms with van der Waals surface area (Å²) < 4.78 is 25.5. The molecule has 0 saturated carbocycles. The molecule has 1 aromatic rings. The number of nitrogens with one attached hydrogen (secondary N) is 2. The lowest BCUT2D eigenvalue weighted by atomic mass is 10.1. The average molecular weight is 395 g/mol. The third kappa shape index (κ3) is 9.58. The minimum Gasteiger partial charge on any atom is -0.357 e. The molecule has 0 aliphatic rings. The van der Waals surface area contributed by atoms with Gasteiger partial charge in [-0.3, -0.25) is 0 Å². The maximum atomic E-state index is 11.6. The highest BCUT2D eigenvalue weighted by atomic mass is 32.2. The molecule has 7 heteroatoms. The van der Waals surface area contributed by atoms with Crippen LogP contribution in [0.1, 0.15) is 43.7 Å². The molecule has 0 aromatic heterocycles. The molecule has 0 aliphatic heterocycles. The van der Waals surface area contributed by atoms with Crippen molar-refractivity contribution in [3.05, 3.63) is 48.0 Å². The van der Waals surface area contributed by atoms with Crippen molar-refractivity contribution in [2.24, 2.45) is 4.99 Å². The Hall–Kier alpha value is -1.86. The number of hydrogen-bond acceptors (Lipinski definition) is 3. The lowest BCUT2D eigenvalue weighted by molar-refractivity contribution is 0.455. The van der Waals surface area contributed by atoms with Gasteiger partial charge in [0.25, 0.3) is 0 Å². The molecule has 0 radical (unpaired) electrons. The molecule has 0 bridgehead atoms. The lowest BCUT2D eigenvalue weighted by Gasteiger charge is -2.22. The molecule has 0 atom stereocenters. The molecule has 2 N–H and O–H groups in total. The summed E-state index contributed by atoms with van der Waals surface area (Å²) in [5, 5.41) is 3.33. The van der Waals surface area contributed by atoms with E-state index >= 15 is 0 Å². The topological polar surface area (TPSA) is 73.8 Å². The fraction of sp³-hybridized carbons (Fsp3) is 0.550. The van der Waals surface area contributed by atoms with Gasteiger partial charge in [0.15, 0.2) is 5.96 Å². The van der Waals surface area contributed by atoms with E-state index in [1.807, 2.05) is 30.3 Å². The Kier molecular flexibility index (Phi) is 10.7. The van der Waals surface area contributed by atoms with E-state index in [4.69, 9.17) is 4.99 Å². The highest BCUT2D eigenvalue weighted by Gasteiger charge is 2.08. The number of rotatable bonds is 12. The normalized spacial score (nSPS) is 12.0. The molecule has 152 valence electrons.